The van der Waals surface area contributed by atoms with Gasteiger partial charge in [0, 0.05) is 11.8 Å². The molecule has 0 spiro atoms. The van der Waals surface area contributed by atoms with E-state index in [0.29, 0.717) is 31.0 Å². The third-order valence-electron chi connectivity index (χ3n) is 5.26. The monoisotopic (exact) mass is 360 g/mol. The highest BCUT2D eigenvalue weighted by Gasteiger charge is 2.42. The molecule has 0 aliphatic carbocycles. The van der Waals surface area contributed by atoms with E-state index in [-0.39, 0.29) is 12.2 Å². The van der Waals surface area contributed by atoms with Crippen LogP contribution in [0.25, 0.3) is 0 Å². The van der Waals surface area contributed by atoms with E-state index in [0.717, 1.165) is 6.42 Å². The number of benzene rings is 1. The topological polar surface area (TPSA) is 27.7 Å². The van der Waals surface area contributed by atoms with E-state index < -0.39 is 5.79 Å². The highest BCUT2D eigenvalue weighted by molar-refractivity contribution is 5.13. The Balaban J connectivity index is 1.86. The van der Waals surface area contributed by atoms with Crippen molar-refractivity contribution in [1.82, 2.24) is 0 Å². The molecule has 1 saturated heterocycles. The maximum absolute atomic E-state index is 6.24. The first kappa shape index (κ1) is 21.1. The minimum absolute atomic E-state index is 0.134. The summed E-state index contributed by atoms with van der Waals surface area (Å²) in [6.45, 7) is 18.5. The van der Waals surface area contributed by atoms with Crippen molar-refractivity contribution in [2.75, 3.05) is 6.61 Å². The molecule has 0 aromatic heterocycles. The molecule has 0 bridgehead atoms. The van der Waals surface area contributed by atoms with Crippen LogP contribution in [0.15, 0.2) is 42.5 Å². The van der Waals surface area contributed by atoms with Crippen molar-refractivity contribution in [2.45, 2.75) is 72.6 Å². The summed E-state index contributed by atoms with van der Waals surface area (Å²) in [5.74, 6) is 0.574. The SMILES string of the molecule is C=C(C[C@@H]1OC(C)(C)O[C@@H](C(C)C)[C@H]1C)[C@H](C)COCc1ccccc1. The number of hydrogen-bond donors (Lipinski definition) is 0. The molecule has 0 unspecified atom stereocenters. The Kier molecular flexibility index (Phi) is 7.45. The van der Waals surface area contributed by atoms with E-state index in [4.69, 9.17) is 14.2 Å². The van der Waals surface area contributed by atoms with Crippen LogP contribution in [-0.2, 0) is 20.8 Å². The van der Waals surface area contributed by atoms with E-state index in [1.807, 2.05) is 32.0 Å². The molecule has 3 heteroatoms. The van der Waals surface area contributed by atoms with Gasteiger partial charge in [0.1, 0.15) is 0 Å². The second-order valence-electron chi connectivity index (χ2n) is 8.51. The third-order valence-corrected chi connectivity index (χ3v) is 5.26. The van der Waals surface area contributed by atoms with Crippen LogP contribution in [0, 0.1) is 17.8 Å². The van der Waals surface area contributed by atoms with Crippen molar-refractivity contribution < 1.29 is 14.2 Å². The molecule has 1 aromatic carbocycles. The average Bonchev–Trinajstić information content (AvgIpc) is 2.58. The molecule has 1 aromatic rings. The lowest BCUT2D eigenvalue weighted by Crippen LogP contribution is -2.52. The summed E-state index contributed by atoms with van der Waals surface area (Å²) in [7, 11) is 0. The van der Waals surface area contributed by atoms with Crippen LogP contribution in [0.4, 0.5) is 0 Å². The standard InChI is InChI=1S/C23H36O3/c1-16(2)22-19(5)21(25-23(6,7)26-22)13-17(3)18(4)14-24-15-20-11-9-8-10-12-20/h8-12,16,18-19,21-22H,3,13-15H2,1-2,4-7H3/t18-,19+,21+,22+/m1/s1. The second-order valence-corrected chi connectivity index (χ2v) is 8.51. The van der Waals surface area contributed by atoms with Crippen molar-refractivity contribution in [1.29, 1.82) is 0 Å². The van der Waals surface area contributed by atoms with Crippen molar-refractivity contribution >= 4 is 0 Å². The Bertz CT molecular complexity index is 564. The highest BCUT2D eigenvalue weighted by atomic mass is 16.7. The fourth-order valence-corrected chi connectivity index (χ4v) is 3.62. The molecule has 0 saturated carbocycles. The van der Waals surface area contributed by atoms with Gasteiger partial charge in [-0.1, -0.05) is 70.2 Å². The van der Waals surface area contributed by atoms with Crippen molar-refractivity contribution in [3.63, 3.8) is 0 Å². The quantitative estimate of drug-likeness (QED) is 0.565. The van der Waals surface area contributed by atoms with Gasteiger partial charge in [-0.15, -0.1) is 0 Å². The van der Waals surface area contributed by atoms with E-state index >= 15 is 0 Å². The summed E-state index contributed by atoms with van der Waals surface area (Å²) in [5, 5.41) is 0. The van der Waals surface area contributed by atoms with Crippen LogP contribution in [0.1, 0.15) is 53.5 Å². The minimum Gasteiger partial charge on any atom is -0.376 e. The van der Waals surface area contributed by atoms with E-state index in [1.54, 1.807) is 0 Å². The number of hydrogen-bond acceptors (Lipinski definition) is 3. The summed E-state index contributed by atoms with van der Waals surface area (Å²) >= 11 is 0. The van der Waals surface area contributed by atoms with Crippen molar-refractivity contribution in [2.24, 2.45) is 17.8 Å². The maximum Gasteiger partial charge on any atom is 0.163 e. The molecule has 26 heavy (non-hydrogen) atoms. The van der Waals surface area contributed by atoms with Crippen LogP contribution < -0.4 is 0 Å². The molecule has 0 amide bonds. The zero-order valence-corrected chi connectivity index (χ0v) is 17.3. The highest BCUT2D eigenvalue weighted by Crippen LogP contribution is 2.37. The molecule has 0 radical (unpaired) electrons. The molecule has 2 rings (SSSR count). The Morgan fingerprint density at radius 3 is 2.42 bits per heavy atom. The summed E-state index contributed by atoms with van der Waals surface area (Å²) < 4.78 is 18.3. The van der Waals surface area contributed by atoms with Gasteiger partial charge < -0.3 is 14.2 Å². The first-order valence-electron chi connectivity index (χ1n) is 9.84. The lowest BCUT2D eigenvalue weighted by atomic mass is 9.84. The summed E-state index contributed by atoms with van der Waals surface area (Å²) in [5.41, 5.74) is 2.39. The second kappa shape index (κ2) is 9.16. The first-order chi connectivity index (χ1) is 12.2. The Morgan fingerprint density at radius 1 is 1.15 bits per heavy atom. The van der Waals surface area contributed by atoms with E-state index in [9.17, 15) is 0 Å². The summed E-state index contributed by atoms with van der Waals surface area (Å²) in [6, 6.07) is 10.3. The van der Waals surface area contributed by atoms with Crippen LogP contribution in [0.2, 0.25) is 0 Å². The molecule has 1 aliphatic heterocycles. The number of rotatable bonds is 8. The fraction of sp³-hybridized carbons (Fsp3) is 0.652. The Hall–Kier alpha value is -1.16. The predicted molar refractivity (Wildman–Crippen MR) is 107 cm³/mol. The lowest BCUT2D eigenvalue weighted by Gasteiger charge is -2.47. The van der Waals surface area contributed by atoms with Gasteiger partial charge >= 0.3 is 0 Å². The van der Waals surface area contributed by atoms with Crippen LogP contribution in [-0.4, -0.2) is 24.6 Å². The molecular weight excluding hydrogens is 324 g/mol. The van der Waals surface area contributed by atoms with E-state index in [1.165, 1.54) is 11.1 Å². The van der Waals surface area contributed by atoms with Crippen LogP contribution in [0.3, 0.4) is 0 Å². The van der Waals surface area contributed by atoms with Gasteiger partial charge in [0.25, 0.3) is 0 Å². The normalized spacial score (nSPS) is 26.7. The molecule has 4 atom stereocenters. The Morgan fingerprint density at radius 2 is 1.81 bits per heavy atom. The predicted octanol–water partition coefficient (Wildman–Crippen LogP) is 5.60. The summed E-state index contributed by atoms with van der Waals surface area (Å²) in [4.78, 5) is 0. The smallest absolute Gasteiger partial charge is 0.163 e. The Labute approximate surface area is 159 Å². The average molecular weight is 361 g/mol. The lowest BCUT2D eigenvalue weighted by molar-refractivity contribution is -0.325. The van der Waals surface area contributed by atoms with Crippen molar-refractivity contribution in [3.05, 3.63) is 48.0 Å². The largest absolute Gasteiger partial charge is 0.376 e. The van der Waals surface area contributed by atoms with Gasteiger partial charge in [-0.25, -0.2) is 0 Å². The molecule has 1 heterocycles. The maximum atomic E-state index is 6.24. The molecule has 1 aliphatic rings. The van der Waals surface area contributed by atoms with E-state index in [2.05, 4.69) is 46.4 Å². The van der Waals surface area contributed by atoms with Crippen LogP contribution >= 0.6 is 0 Å². The van der Waals surface area contributed by atoms with Gasteiger partial charge in [0.15, 0.2) is 5.79 Å². The van der Waals surface area contributed by atoms with Gasteiger partial charge in [0.05, 0.1) is 25.4 Å². The van der Waals surface area contributed by atoms with Gasteiger partial charge in [-0.2, -0.15) is 0 Å². The van der Waals surface area contributed by atoms with Gasteiger partial charge in [-0.05, 0) is 31.7 Å². The zero-order chi connectivity index (χ0) is 19.3. The molecule has 0 N–H and O–H groups in total. The third kappa shape index (κ3) is 5.94. The van der Waals surface area contributed by atoms with Gasteiger partial charge in [0.2, 0.25) is 0 Å². The minimum atomic E-state index is -0.542. The number of ether oxygens (including phenoxy) is 3. The van der Waals surface area contributed by atoms with Gasteiger partial charge in [-0.3, -0.25) is 0 Å². The molecule has 146 valence electrons. The van der Waals surface area contributed by atoms with Crippen LogP contribution in [0.5, 0.6) is 0 Å². The zero-order valence-electron chi connectivity index (χ0n) is 17.3. The molecule has 3 nitrogen and oxygen atoms in total. The summed E-state index contributed by atoms with van der Waals surface area (Å²) in [6.07, 6.45) is 1.20. The first-order valence-corrected chi connectivity index (χ1v) is 9.84. The molecule has 1 fully saturated rings. The van der Waals surface area contributed by atoms with Crippen molar-refractivity contribution in [3.8, 4) is 0 Å². The fourth-order valence-electron chi connectivity index (χ4n) is 3.62. The molecular formula is C23H36O3.